The summed E-state index contributed by atoms with van der Waals surface area (Å²) in [4.78, 5) is 51.8. The number of imide groups is 2. The molecule has 4 unspecified atom stereocenters. The first-order valence-corrected chi connectivity index (χ1v) is 10.3. The molecule has 4 atom stereocenters. The van der Waals surface area contributed by atoms with Crippen molar-refractivity contribution in [2.24, 2.45) is 23.7 Å². The van der Waals surface area contributed by atoms with Crippen molar-refractivity contribution in [3.8, 4) is 0 Å². The molecular weight excluding hydrogens is 332 g/mol. The maximum atomic E-state index is 13.1. The quantitative estimate of drug-likeness (QED) is 0.727. The van der Waals surface area contributed by atoms with Crippen LogP contribution < -0.4 is 5.32 Å². The Balaban J connectivity index is 1.52. The Kier molecular flexibility index (Phi) is 4.84. The molecule has 0 aromatic heterocycles. The molecule has 2 saturated carbocycles. The van der Waals surface area contributed by atoms with Crippen molar-refractivity contribution in [3.05, 3.63) is 0 Å². The van der Waals surface area contributed by atoms with Crippen LogP contribution in [0.15, 0.2) is 0 Å². The van der Waals surface area contributed by atoms with Crippen molar-refractivity contribution >= 4 is 23.6 Å². The molecule has 142 valence electrons. The Bertz CT molecular complexity index is 581. The van der Waals surface area contributed by atoms with E-state index in [-0.39, 0.29) is 53.3 Å². The maximum absolute atomic E-state index is 13.1. The van der Waals surface area contributed by atoms with E-state index in [4.69, 9.17) is 0 Å². The number of hydrogen-bond donors (Lipinski definition) is 1. The van der Waals surface area contributed by atoms with Crippen LogP contribution in [-0.2, 0) is 19.2 Å². The van der Waals surface area contributed by atoms with Gasteiger partial charge in [-0.05, 0) is 38.5 Å². The van der Waals surface area contributed by atoms with Crippen LogP contribution >= 0.6 is 0 Å². The number of hydrogen-bond acceptors (Lipinski definition) is 4. The van der Waals surface area contributed by atoms with E-state index in [1.807, 2.05) is 0 Å². The van der Waals surface area contributed by atoms with E-state index >= 15 is 0 Å². The molecule has 0 aromatic carbocycles. The monoisotopic (exact) mass is 360 g/mol. The molecule has 6 heteroatoms. The summed E-state index contributed by atoms with van der Waals surface area (Å²) in [6.07, 6.45) is 9.75. The second kappa shape index (κ2) is 7.12. The number of carbonyl (C=O) groups is 4. The molecule has 2 aliphatic heterocycles. The third kappa shape index (κ3) is 2.97. The predicted octanol–water partition coefficient (Wildman–Crippen LogP) is 2.16. The van der Waals surface area contributed by atoms with Gasteiger partial charge in [-0.1, -0.05) is 32.1 Å². The van der Waals surface area contributed by atoms with E-state index in [2.05, 4.69) is 5.32 Å². The lowest BCUT2D eigenvalue weighted by molar-refractivity contribution is -0.143. The second-order valence-corrected chi connectivity index (χ2v) is 8.48. The third-order valence-corrected chi connectivity index (χ3v) is 7.02. The standard InChI is InChI=1S/C20H28N2O4/c23-17-13-8-10-15-16(11-9-14(13)18(24)21-17)20(26)22(19(15)25)12-6-4-2-1-3-5-7-12/h12-16H,1-11H2,(H,21,23,24). The van der Waals surface area contributed by atoms with Crippen molar-refractivity contribution in [1.82, 2.24) is 10.2 Å². The minimum absolute atomic E-state index is 0.0197. The number of amides is 4. The van der Waals surface area contributed by atoms with Gasteiger partial charge in [-0.25, -0.2) is 0 Å². The third-order valence-electron chi connectivity index (χ3n) is 7.02. The van der Waals surface area contributed by atoms with Crippen LogP contribution in [0.4, 0.5) is 0 Å². The van der Waals surface area contributed by atoms with Crippen molar-refractivity contribution in [3.63, 3.8) is 0 Å². The molecule has 4 fully saturated rings. The average Bonchev–Trinajstić information content (AvgIpc) is 2.93. The zero-order valence-corrected chi connectivity index (χ0v) is 15.2. The Morgan fingerprint density at radius 1 is 0.577 bits per heavy atom. The van der Waals surface area contributed by atoms with Crippen molar-refractivity contribution < 1.29 is 19.2 Å². The smallest absolute Gasteiger partial charge is 0.233 e. The maximum Gasteiger partial charge on any atom is 0.233 e. The van der Waals surface area contributed by atoms with Gasteiger partial charge in [-0.15, -0.1) is 0 Å². The fourth-order valence-electron chi connectivity index (χ4n) is 5.57. The molecule has 2 aliphatic carbocycles. The molecule has 4 aliphatic rings. The fourth-order valence-corrected chi connectivity index (χ4v) is 5.57. The van der Waals surface area contributed by atoms with Crippen LogP contribution in [-0.4, -0.2) is 34.6 Å². The van der Waals surface area contributed by atoms with Crippen molar-refractivity contribution in [2.75, 3.05) is 0 Å². The number of rotatable bonds is 1. The van der Waals surface area contributed by atoms with Crippen molar-refractivity contribution in [1.29, 1.82) is 0 Å². The normalized spacial score (nSPS) is 36.7. The molecule has 1 N–H and O–H groups in total. The number of fused-ring (bicyclic) bond motifs is 2. The van der Waals surface area contributed by atoms with Gasteiger partial charge in [-0.3, -0.25) is 29.4 Å². The summed E-state index contributed by atoms with van der Waals surface area (Å²) in [5.74, 6) is -1.67. The van der Waals surface area contributed by atoms with E-state index in [0.717, 1.165) is 25.7 Å². The van der Waals surface area contributed by atoms with Gasteiger partial charge in [0.15, 0.2) is 0 Å². The molecule has 0 aromatic rings. The lowest BCUT2D eigenvalue weighted by atomic mass is 9.76. The molecule has 0 spiro atoms. The number of likely N-dealkylation sites (tertiary alicyclic amines) is 1. The van der Waals surface area contributed by atoms with E-state index < -0.39 is 0 Å². The van der Waals surface area contributed by atoms with Gasteiger partial charge in [0, 0.05) is 17.9 Å². The Morgan fingerprint density at radius 2 is 1.00 bits per heavy atom. The van der Waals surface area contributed by atoms with Crippen LogP contribution in [0.3, 0.4) is 0 Å². The predicted molar refractivity (Wildman–Crippen MR) is 93.5 cm³/mol. The van der Waals surface area contributed by atoms with Gasteiger partial charge < -0.3 is 0 Å². The zero-order chi connectivity index (χ0) is 18.3. The average molecular weight is 360 g/mol. The highest BCUT2D eigenvalue weighted by Crippen LogP contribution is 2.42. The summed E-state index contributed by atoms with van der Waals surface area (Å²) >= 11 is 0. The number of nitrogens with zero attached hydrogens (tertiary/aromatic N) is 1. The molecular formula is C20H28N2O4. The molecule has 6 nitrogen and oxygen atoms in total. The molecule has 2 heterocycles. The van der Waals surface area contributed by atoms with E-state index in [1.54, 1.807) is 4.90 Å². The molecule has 4 rings (SSSR count). The first-order chi connectivity index (χ1) is 12.6. The topological polar surface area (TPSA) is 83.6 Å². The highest BCUT2D eigenvalue weighted by Gasteiger charge is 2.52. The SMILES string of the molecule is O=C1NC(=O)C2CCC3C(=O)N(C4CCCCCCC4)C(=O)C3CCC12. The largest absolute Gasteiger partial charge is 0.296 e. The first-order valence-electron chi connectivity index (χ1n) is 10.3. The first kappa shape index (κ1) is 17.7. The van der Waals surface area contributed by atoms with Gasteiger partial charge >= 0.3 is 0 Å². The molecule has 0 bridgehead atoms. The van der Waals surface area contributed by atoms with Gasteiger partial charge in [0.1, 0.15) is 0 Å². The summed E-state index contributed by atoms with van der Waals surface area (Å²) < 4.78 is 0. The Morgan fingerprint density at radius 3 is 1.50 bits per heavy atom. The Hall–Kier alpha value is -1.72. The Labute approximate surface area is 154 Å². The summed E-state index contributed by atoms with van der Waals surface area (Å²) in [5, 5.41) is 2.42. The van der Waals surface area contributed by atoms with Gasteiger partial charge in [0.25, 0.3) is 0 Å². The summed E-state index contributed by atoms with van der Waals surface area (Å²) in [6, 6.07) is 0.0491. The number of carbonyl (C=O) groups excluding carboxylic acids is 4. The minimum Gasteiger partial charge on any atom is -0.296 e. The van der Waals surface area contributed by atoms with E-state index in [0.29, 0.717) is 25.7 Å². The summed E-state index contributed by atoms with van der Waals surface area (Å²) in [5.41, 5.74) is 0. The van der Waals surface area contributed by atoms with Gasteiger partial charge in [-0.2, -0.15) is 0 Å². The van der Waals surface area contributed by atoms with Crippen LogP contribution in [0.1, 0.15) is 70.6 Å². The molecule has 2 saturated heterocycles. The van der Waals surface area contributed by atoms with Crippen LogP contribution in [0, 0.1) is 23.7 Å². The summed E-state index contributed by atoms with van der Waals surface area (Å²) in [6.45, 7) is 0. The van der Waals surface area contributed by atoms with Crippen LogP contribution in [0.25, 0.3) is 0 Å². The lowest BCUT2D eigenvalue weighted by Crippen LogP contribution is -2.41. The van der Waals surface area contributed by atoms with E-state index in [1.165, 1.54) is 19.3 Å². The lowest BCUT2D eigenvalue weighted by Gasteiger charge is -2.28. The molecule has 26 heavy (non-hydrogen) atoms. The van der Waals surface area contributed by atoms with Crippen LogP contribution in [0.2, 0.25) is 0 Å². The minimum atomic E-state index is -0.318. The molecule has 4 amide bonds. The fraction of sp³-hybridized carbons (Fsp3) is 0.800. The van der Waals surface area contributed by atoms with Gasteiger partial charge in [0.2, 0.25) is 23.6 Å². The summed E-state index contributed by atoms with van der Waals surface area (Å²) in [7, 11) is 0. The van der Waals surface area contributed by atoms with Crippen molar-refractivity contribution in [2.45, 2.75) is 76.7 Å². The highest BCUT2D eigenvalue weighted by atomic mass is 16.2. The zero-order valence-electron chi connectivity index (χ0n) is 15.2. The number of nitrogens with one attached hydrogen (secondary N) is 1. The molecule has 0 radical (unpaired) electrons. The van der Waals surface area contributed by atoms with Gasteiger partial charge in [0.05, 0.1) is 11.8 Å². The second-order valence-electron chi connectivity index (χ2n) is 8.48. The highest BCUT2D eigenvalue weighted by molar-refractivity contribution is 6.07. The van der Waals surface area contributed by atoms with Crippen LogP contribution in [0.5, 0.6) is 0 Å². The van der Waals surface area contributed by atoms with E-state index in [9.17, 15) is 19.2 Å².